The minimum Gasteiger partial charge on any atom is -0.799 e. The molecule has 7 nitrogen and oxygen atoms in total. The molecule has 1 N–H and O–H groups in total. The lowest BCUT2D eigenvalue weighted by atomic mass is 10.9. The van der Waals surface area contributed by atoms with Gasteiger partial charge in [-0.25, -0.2) is 4.86 Å². The zero-order valence-corrected chi connectivity index (χ0v) is 7.34. The van der Waals surface area contributed by atoms with Crippen LogP contribution in [0.15, 0.2) is 0 Å². The highest BCUT2D eigenvalue weighted by Crippen LogP contribution is 2.40. The summed E-state index contributed by atoms with van der Waals surface area (Å²) < 4.78 is 24.1. The molecule has 0 aliphatic carbocycles. The fourth-order valence-electron chi connectivity index (χ4n) is 0.349. The molecule has 0 spiro atoms. The van der Waals surface area contributed by atoms with Gasteiger partial charge in [-0.3, -0.25) is 4.57 Å². The van der Waals surface area contributed by atoms with Crippen LogP contribution in [0, 0.1) is 0 Å². The predicted octanol–water partition coefficient (Wildman–Crippen LogP) is -2.09. The highest BCUT2D eigenvalue weighted by Gasteiger charge is 2.06. The summed E-state index contributed by atoms with van der Waals surface area (Å²) in [6.07, 6.45) is 0. The molecule has 11 heavy (non-hydrogen) atoms. The van der Waals surface area contributed by atoms with Gasteiger partial charge in [0, 0.05) is 7.75 Å². The zero-order chi connectivity index (χ0) is 9.12. The van der Waals surface area contributed by atoms with Gasteiger partial charge in [0.2, 0.25) is 7.75 Å². The lowest BCUT2D eigenvalue weighted by molar-refractivity contribution is -0.317. The normalized spacial score (nSPS) is 17.8. The van der Waals surface area contributed by atoms with Crippen LogP contribution in [0.3, 0.4) is 0 Å². The third-order valence-electron chi connectivity index (χ3n) is 0.544. The van der Waals surface area contributed by atoms with Crippen molar-refractivity contribution in [2.45, 2.75) is 6.92 Å². The largest absolute Gasteiger partial charge is 0.799 e. The van der Waals surface area contributed by atoms with Crippen molar-refractivity contribution in [3.8, 4) is 0 Å². The number of nitrogens with one attached hydrogen (secondary N) is 1. The second-order valence-electron chi connectivity index (χ2n) is 1.51. The van der Waals surface area contributed by atoms with E-state index in [1.807, 2.05) is 0 Å². The second kappa shape index (κ2) is 3.78. The van der Waals surface area contributed by atoms with E-state index in [0.29, 0.717) is 0 Å². The van der Waals surface area contributed by atoms with Crippen molar-refractivity contribution in [1.29, 1.82) is 0 Å². The Morgan fingerprint density at radius 2 is 1.82 bits per heavy atom. The Hall–Kier alpha value is 0.260. The standard InChI is InChI=1S/C2H9NO6P2/c1-2-9-11(7,8)3-10(4,5)6/h2H2,1H3,(H4,3,4,5,6,7,8)/p-3. The van der Waals surface area contributed by atoms with Crippen LogP contribution in [0.2, 0.25) is 0 Å². The maximum absolute atomic E-state index is 10.4. The summed E-state index contributed by atoms with van der Waals surface area (Å²) in [7, 11) is -9.97. The van der Waals surface area contributed by atoms with E-state index in [0.717, 1.165) is 4.86 Å². The van der Waals surface area contributed by atoms with Gasteiger partial charge in [-0.15, -0.1) is 0 Å². The van der Waals surface area contributed by atoms with Gasteiger partial charge in [0.25, 0.3) is 0 Å². The van der Waals surface area contributed by atoms with Crippen LogP contribution in [0.5, 0.6) is 0 Å². The van der Waals surface area contributed by atoms with Gasteiger partial charge < -0.3 is 23.8 Å². The van der Waals surface area contributed by atoms with E-state index in [-0.39, 0.29) is 6.61 Å². The highest BCUT2D eigenvalue weighted by atomic mass is 31.3. The molecular weight excluding hydrogens is 196 g/mol. The van der Waals surface area contributed by atoms with Gasteiger partial charge in [-0.05, 0) is 6.92 Å². The first-order chi connectivity index (χ1) is 4.77. The average molecular weight is 202 g/mol. The Kier molecular flexibility index (Phi) is 3.87. The summed E-state index contributed by atoms with van der Waals surface area (Å²) >= 11 is 0. The van der Waals surface area contributed by atoms with Crippen molar-refractivity contribution in [2.75, 3.05) is 6.61 Å². The van der Waals surface area contributed by atoms with Gasteiger partial charge in [-0.2, -0.15) is 0 Å². The van der Waals surface area contributed by atoms with E-state index in [9.17, 15) is 23.8 Å². The van der Waals surface area contributed by atoms with Crippen molar-refractivity contribution in [1.82, 2.24) is 4.86 Å². The third kappa shape index (κ3) is 6.65. The van der Waals surface area contributed by atoms with Gasteiger partial charge in [0.1, 0.15) is 0 Å². The minimum atomic E-state index is -5.27. The molecule has 0 aromatic heterocycles. The molecule has 68 valence electrons. The van der Waals surface area contributed by atoms with Crippen LogP contribution < -0.4 is 19.5 Å². The lowest BCUT2D eigenvalue weighted by Gasteiger charge is -2.36. The molecular formula is C2H6NO6P2-3. The Morgan fingerprint density at radius 3 is 2.09 bits per heavy atom. The van der Waals surface area contributed by atoms with Crippen LogP contribution in [0.1, 0.15) is 6.92 Å². The van der Waals surface area contributed by atoms with Crippen LogP contribution in [-0.2, 0) is 13.7 Å². The molecule has 0 aromatic rings. The van der Waals surface area contributed by atoms with Crippen LogP contribution in [-0.4, -0.2) is 6.61 Å². The van der Waals surface area contributed by atoms with E-state index in [2.05, 4.69) is 4.52 Å². The highest BCUT2D eigenvalue weighted by molar-refractivity contribution is 7.64. The van der Waals surface area contributed by atoms with Crippen molar-refractivity contribution in [2.24, 2.45) is 0 Å². The molecule has 1 unspecified atom stereocenters. The predicted molar refractivity (Wildman–Crippen MR) is 30.0 cm³/mol. The Bertz CT molecular complexity index is 209. The zero-order valence-electron chi connectivity index (χ0n) is 5.55. The molecule has 0 aliphatic rings. The van der Waals surface area contributed by atoms with Gasteiger partial charge in [0.05, 0.1) is 6.61 Å². The quantitative estimate of drug-likeness (QED) is 0.518. The van der Waals surface area contributed by atoms with Crippen molar-refractivity contribution < 1.29 is 28.3 Å². The average Bonchev–Trinajstić information content (AvgIpc) is 1.55. The summed E-state index contributed by atoms with van der Waals surface area (Å²) in [6.45, 7) is 1.11. The number of hydrogen-bond acceptors (Lipinski definition) is 6. The third-order valence-corrected chi connectivity index (χ3v) is 3.10. The monoisotopic (exact) mass is 202 g/mol. The van der Waals surface area contributed by atoms with E-state index >= 15 is 0 Å². The fraction of sp³-hybridized carbons (Fsp3) is 1.00. The van der Waals surface area contributed by atoms with Gasteiger partial charge in [0.15, 0.2) is 0 Å². The first-order valence-electron chi connectivity index (χ1n) is 2.54. The van der Waals surface area contributed by atoms with Crippen LogP contribution >= 0.6 is 15.5 Å². The van der Waals surface area contributed by atoms with E-state index in [1.165, 1.54) is 6.92 Å². The molecule has 0 amide bonds. The van der Waals surface area contributed by atoms with E-state index in [1.54, 1.807) is 0 Å². The Morgan fingerprint density at radius 1 is 1.36 bits per heavy atom. The summed E-state index contributed by atoms with van der Waals surface area (Å²) in [5, 5.41) is 0. The molecule has 0 saturated heterocycles. The Labute approximate surface area is 63.2 Å². The smallest absolute Gasteiger partial charge is 0.208 e. The molecule has 0 heterocycles. The first kappa shape index (κ1) is 11.3. The topological polar surface area (TPSA) is 125 Å². The molecule has 9 heteroatoms. The molecule has 0 aliphatic heterocycles. The van der Waals surface area contributed by atoms with Crippen LogP contribution in [0.4, 0.5) is 0 Å². The molecule has 0 rings (SSSR count). The van der Waals surface area contributed by atoms with Crippen molar-refractivity contribution in [3.63, 3.8) is 0 Å². The summed E-state index contributed by atoms with van der Waals surface area (Å²) in [6, 6.07) is 0. The summed E-state index contributed by atoms with van der Waals surface area (Å²) in [4.78, 5) is 30.8. The fourth-order valence-corrected chi connectivity index (χ4v) is 2.12. The summed E-state index contributed by atoms with van der Waals surface area (Å²) in [5.41, 5.74) is 0. The maximum atomic E-state index is 10.4. The van der Waals surface area contributed by atoms with Crippen molar-refractivity contribution in [3.05, 3.63) is 0 Å². The van der Waals surface area contributed by atoms with Crippen molar-refractivity contribution >= 4 is 15.5 Å². The number of hydrogen-bond donors (Lipinski definition) is 1. The maximum Gasteiger partial charge on any atom is 0.208 e. The second-order valence-corrected chi connectivity index (χ2v) is 4.56. The minimum absolute atomic E-state index is 0.228. The Balaban J connectivity index is 4.14. The number of rotatable bonds is 4. The molecule has 1 atom stereocenters. The molecule has 0 aromatic carbocycles. The molecule has 0 fully saturated rings. The first-order valence-corrected chi connectivity index (χ1v) is 5.62. The van der Waals surface area contributed by atoms with Crippen LogP contribution in [0.25, 0.3) is 0 Å². The summed E-state index contributed by atoms with van der Waals surface area (Å²) in [5.74, 6) is 0. The SMILES string of the molecule is CCOP(=O)([O-])NP(=O)([O-])[O-]. The van der Waals surface area contributed by atoms with Gasteiger partial charge >= 0.3 is 0 Å². The lowest BCUT2D eigenvalue weighted by Crippen LogP contribution is -2.30. The van der Waals surface area contributed by atoms with E-state index < -0.39 is 15.5 Å². The molecule has 0 bridgehead atoms. The van der Waals surface area contributed by atoms with Gasteiger partial charge in [-0.1, -0.05) is 0 Å². The molecule has 0 saturated carbocycles. The van der Waals surface area contributed by atoms with E-state index in [4.69, 9.17) is 0 Å². The molecule has 0 radical (unpaired) electrons.